The molecule has 1 aromatic rings. The number of esters is 1. The first-order valence-corrected chi connectivity index (χ1v) is 6.44. The van der Waals surface area contributed by atoms with Gasteiger partial charge in [0.2, 0.25) is 0 Å². The quantitative estimate of drug-likeness (QED) is 0.791. The van der Waals surface area contributed by atoms with Crippen molar-refractivity contribution in [2.45, 2.75) is 6.42 Å². The summed E-state index contributed by atoms with van der Waals surface area (Å²) in [6.45, 7) is 4.44. The third-order valence-electron chi connectivity index (χ3n) is 3.40. The molecule has 0 spiro atoms. The summed E-state index contributed by atoms with van der Waals surface area (Å²) < 4.78 is 4.65. The van der Waals surface area contributed by atoms with Crippen molar-refractivity contribution >= 4 is 17.3 Å². The molecule has 0 atom stereocenters. The lowest BCUT2D eigenvalue weighted by atomic mass is 10.2. The number of hydrogen-bond acceptors (Lipinski definition) is 6. The van der Waals surface area contributed by atoms with Crippen LogP contribution in [0.5, 0.6) is 0 Å². The van der Waals surface area contributed by atoms with Crippen molar-refractivity contribution in [3.05, 3.63) is 18.5 Å². The summed E-state index contributed by atoms with van der Waals surface area (Å²) in [6.07, 6.45) is 3.89. The summed E-state index contributed by atoms with van der Waals surface area (Å²) in [6, 6.07) is 1.94. The van der Waals surface area contributed by atoms with Crippen molar-refractivity contribution in [2.75, 3.05) is 50.5 Å². The van der Waals surface area contributed by atoms with E-state index >= 15 is 0 Å². The van der Waals surface area contributed by atoms with E-state index in [1.807, 2.05) is 6.07 Å². The number of nitrogen functional groups attached to an aromatic ring is 1. The van der Waals surface area contributed by atoms with E-state index in [1.165, 1.54) is 7.11 Å². The number of ether oxygens (including phenoxy) is 1. The molecule has 1 aromatic heterocycles. The van der Waals surface area contributed by atoms with Crippen LogP contribution in [-0.4, -0.2) is 55.7 Å². The summed E-state index contributed by atoms with van der Waals surface area (Å²) in [4.78, 5) is 19.6. The molecule has 0 aliphatic carbocycles. The van der Waals surface area contributed by atoms with Crippen molar-refractivity contribution < 1.29 is 9.53 Å². The van der Waals surface area contributed by atoms with E-state index in [-0.39, 0.29) is 5.97 Å². The fraction of sp³-hybridized carbons (Fsp3) is 0.538. The first kappa shape index (κ1) is 13.6. The number of methoxy groups -OCH3 is 1. The average Bonchev–Trinajstić information content (AvgIpc) is 2.46. The zero-order valence-electron chi connectivity index (χ0n) is 11.2. The third kappa shape index (κ3) is 3.57. The molecular formula is C13H20N4O2. The molecule has 0 saturated carbocycles. The Morgan fingerprint density at radius 3 is 2.79 bits per heavy atom. The molecule has 104 valence electrons. The summed E-state index contributed by atoms with van der Waals surface area (Å²) in [5, 5.41) is 0. The Morgan fingerprint density at radius 2 is 2.16 bits per heavy atom. The Bertz CT molecular complexity index is 430. The summed E-state index contributed by atoms with van der Waals surface area (Å²) in [7, 11) is 1.42. The second-order valence-electron chi connectivity index (χ2n) is 4.59. The number of carbonyl (C=O) groups excluding carboxylic acids is 1. The highest BCUT2D eigenvalue weighted by Gasteiger charge is 2.19. The molecule has 1 saturated heterocycles. The van der Waals surface area contributed by atoms with Gasteiger partial charge in [-0.1, -0.05) is 0 Å². The van der Waals surface area contributed by atoms with Crippen LogP contribution in [0.25, 0.3) is 0 Å². The van der Waals surface area contributed by atoms with Crippen LogP contribution >= 0.6 is 0 Å². The Hall–Kier alpha value is -1.82. The number of piperazine rings is 1. The van der Waals surface area contributed by atoms with Crippen molar-refractivity contribution in [1.82, 2.24) is 9.88 Å². The highest BCUT2D eigenvalue weighted by Crippen LogP contribution is 2.22. The van der Waals surface area contributed by atoms with Gasteiger partial charge in [0.05, 0.1) is 31.1 Å². The predicted octanol–water partition coefficient (Wildman–Crippen LogP) is 0.349. The van der Waals surface area contributed by atoms with Crippen molar-refractivity contribution in [2.24, 2.45) is 0 Å². The Kier molecular flexibility index (Phi) is 4.57. The van der Waals surface area contributed by atoms with E-state index in [1.54, 1.807) is 12.4 Å². The minimum Gasteiger partial charge on any atom is -0.469 e. The van der Waals surface area contributed by atoms with Crippen LogP contribution in [0.4, 0.5) is 11.4 Å². The van der Waals surface area contributed by atoms with Gasteiger partial charge in [0.15, 0.2) is 0 Å². The molecule has 1 fully saturated rings. The molecule has 0 bridgehead atoms. The van der Waals surface area contributed by atoms with Crippen LogP contribution in [0.2, 0.25) is 0 Å². The maximum Gasteiger partial charge on any atom is 0.306 e. The fourth-order valence-corrected chi connectivity index (χ4v) is 2.25. The predicted molar refractivity (Wildman–Crippen MR) is 73.9 cm³/mol. The van der Waals surface area contributed by atoms with E-state index in [9.17, 15) is 4.79 Å². The number of hydrogen-bond donors (Lipinski definition) is 1. The van der Waals surface area contributed by atoms with Gasteiger partial charge in [-0.15, -0.1) is 0 Å². The molecule has 1 aliphatic heterocycles. The van der Waals surface area contributed by atoms with Crippen LogP contribution in [0, 0.1) is 0 Å². The maximum absolute atomic E-state index is 11.1. The molecular weight excluding hydrogens is 244 g/mol. The standard InChI is InChI=1S/C13H20N4O2/c1-19-13(18)3-5-16-6-8-17(9-7-16)12-2-4-15-10-11(12)14/h2,4,10H,3,5-9,14H2,1H3. The topological polar surface area (TPSA) is 71.7 Å². The molecule has 2 rings (SSSR count). The molecule has 6 heteroatoms. The second-order valence-corrected chi connectivity index (χ2v) is 4.59. The van der Waals surface area contributed by atoms with Gasteiger partial charge >= 0.3 is 5.97 Å². The van der Waals surface area contributed by atoms with Gasteiger partial charge in [-0.25, -0.2) is 0 Å². The normalized spacial score (nSPS) is 16.4. The van der Waals surface area contributed by atoms with Crippen LogP contribution in [0.1, 0.15) is 6.42 Å². The molecule has 0 radical (unpaired) electrons. The monoisotopic (exact) mass is 264 g/mol. The second kappa shape index (κ2) is 6.38. The highest BCUT2D eigenvalue weighted by molar-refractivity contribution is 5.69. The Morgan fingerprint density at radius 1 is 1.42 bits per heavy atom. The molecule has 1 aliphatic rings. The summed E-state index contributed by atoms with van der Waals surface area (Å²) >= 11 is 0. The van der Waals surface area contributed by atoms with Crippen LogP contribution in [0.3, 0.4) is 0 Å². The largest absolute Gasteiger partial charge is 0.469 e. The minimum absolute atomic E-state index is 0.152. The lowest BCUT2D eigenvalue weighted by Gasteiger charge is -2.36. The number of nitrogens with zero attached hydrogens (tertiary/aromatic N) is 3. The summed E-state index contributed by atoms with van der Waals surface area (Å²) in [5.74, 6) is -0.152. The van der Waals surface area contributed by atoms with Gasteiger partial charge in [-0.3, -0.25) is 14.7 Å². The first-order chi connectivity index (χ1) is 9.20. The van der Waals surface area contributed by atoms with Crippen molar-refractivity contribution in [3.63, 3.8) is 0 Å². The molecule has 2 heterocycles. The van der Waals surface area contributed by atoms with Gasteiger partial charge in [-0.05, 0) is 6.07 Å². The van der Waals surface area contributed by atoms with E-state index in [2.05, 4.69) is 19.5 Å². The molecule has 0 unspecified atom stereocenters. The Balaban J connectivity index is 1.83. The maximum atomic E-state index is 11.1. The van der Waals surface area contributed by atoms with Crippen molar-refractivity contribution in [1.29, 1.82) is 0 Å². The van der Waals surface area contributed by atoms with E-state index in [4.69, 9.17) is 5.73 Å². The van der Waals surface area contributed by atoms with Crippen LogP contribution in [-0.2, 0) is 9.53 Å². The Labute approximate surface area is 113 Å². The van der Waals surface area contributed by atoms with Gasteiger partial charge in [0.1, 0.15) is 0 Å². The van der Waals surface area contributed by atoms with E-state index < -0.39 is 0 Å². The average molecular weight is 264 g/mol. The van der Waals surface area contributed by atoms with Crippen LogP contribution in [0.15, 0.2) is 18.5 Å². The van der Waals surface area contributed by atoms with E-state index in [0.717, 1.165) is 38.4 Å². The summed E-state index contributed by atoms with van der Waals surface area (Å²) in [5.41, 5.74) is 7.68. The highest BCUT2D eigenvalue weighted by atomic mass is 16.5. The molecule has 6 nitrogen and oxygen atoms in total. The van der Waals surface area contributed by atoms with E-state index in [0.29, 0.717) is 12.1 Å². The molecule has 0 aromatic carbocycles. The zero-order valence-corrected chi connectivity index (χ0v) is 11.2. The third-order valence-corrected chi connectivity index (χ3v) is 3.40. The molecule has 19 heavy (non-hydrogen) atoms. The lowest BCUT2D eigenvalue weighted by Crippen LogP contribution is -2.47. The van der Waals surface area contributed by atoms with Gasteiger partial charge in [0, 0.05) is 38.9 Å². The number of carbonyl (C=O) groups is 1. The molecule has 2 N–H and O–H groups in total. The lowest BCUT2D eigenvalue weighted by molar-refractivity contribution is -0.141. The van der Waals surface area contributed by atoms with Crippen LogP contribution < -0.4 is 10.6 Å². The number of rotatable bonds is 4. The molecule has 0 amide bonds. The van der Waals surface area contributed by atoms with Gasteiger partial charge in [-0.2, -0.15) is 0 Å². The smallest absolute Gasteiger partial charge is 0.306 e. The number of pyridine rings is 1. The number of nitrogens with two attached hydrogens (primary N) is 1. The number of aromatic nitrogens is 1. The fourth-order valence-electron chi connectivity index (χ4n) is 2.25. The zero-order chi connectivity index (χ0) is 13.7. The van der Waals surface area contributed by atoms with Gasteiger partial charge in [0.25, 0.3) is 0 Å². The first-order valence-electron chi connectivity index (χ1n) is 6.44. The van der Waals surface area contributed by atoms with Gasteiger partial charge < -0.3 is 15.4 Å². The van der Waals surface area contributed by atoms with Crippen molar-refractivity contribution in [3.8, 4) is 0 Å². The minimum atomic E-state index is -0.152. The SMILES string of the molecule is COC(=O)CCN1CCN(c2ccncc2N)CC1. The number of anilines is 2.